The van der Waals surface area contributed by atoms with E-state index >= 15 is 0 Å². The van der Waals surface area contributed by atoms with Gasteiger partial charge in [-0.25, -0.2) is 0 Å². The summed E-state index contributed by atoms with van der Waals surface area (Å²) in [7, 11) is 1.93. The number of hydrogen-bond acceptors (Lipinski definition) is 5. The highest BCUT2D eigenvalue weighted by molar-refractivity contribution is 9.10. The molecule has 1 aromatic heterocycles. The van der Waals surface area contributed by atoms with Gasteiger partial charge in [-0.05, 0) is 35.7 Å². The fraction of sp³-hybridized carbons (Fsp3) is 0.357. The molecule has 21 heavy (non-hydrogen) atoms. The molecule has 0 saturated carbocycles. The third-order valence-corrected chi connectivity index (χ3v) is 3.50. The molecule has 7 heteroatoms. The van der Waals surface area contributed by atoms with Gasteiger partial charge in [-0.15, -0.1) is 0 Å². The van der Waals surface area contributed by atoms with E-state index in [1.54, 1.807) is 0 Å². The first kappa shape index (κ1) is 16.0. The summed E-state index contributed by atoms with van der Waals surface area (Å²) in [5.41, 5.74) is 1.17. The molecule has 0 bridgehead atoms. The van der Waals surface area contributed by atoms with E-state index in [1.807, 2.05) is 24.1 Å². The van der Waals surface area contributed by atoms with Crippen molar-refractivity contribution in [3.8, 4) is 0 Å². The number of nitrogens with one attached hydrogen (secondary N) is 1. The van der Waals surface area contributed by atoms with Gasteiger partial charge in [0.2, 0.25) is 17.2 Å². The van der Waals surface area contributed by atoms with Gasteiger partial charge >= 0.3 is 0 Å². The maximum absolute atomic E-state index is 5.96. The van der Waals surface area contributed by atoms with Crippen LogP contribution in [-0.2, 0) is 6.54 Å². The van der Waals surface area contributed by atoms with Crippen molar-refractivity contribution in [1.82, 2.24) is 15.0 Å². The average molecular weight is 371 g/mol. The Morgan fingerprint density at radius 3 is 2.57 bits per heavy atom. The SMILES string of the molecule is CCCNc1nc(Cl)nc(N(C)Cc2ccc(Br)cc2)n1. The highest BCUT2D eigenvalue weighted by Crippen LogP contribution is 2.16. The van der Waals surface area contributed by atoms with Crippen molar-refractivity contribution < 1.29 is 0 Å². The second kappa shape index (κ2) is 7.56. The Balaban J connectivity index is 2.12. The lowest BCUT2D eigenvalue weighted by atomic mass is 10.2. The maximum Gasteiger partial charge on any atom is 0.231 e. The summed E-state index contributed by atoms with van der Waals surface area (Å²) in [5.74, 6) is 1.06. The Hall–Kier alpha value is -1.40. The summed E-state index contributed by atoms with van der Waals surface area (Å²) < 4.78 is 1.06. The zero-order valence-electron chi connectivity index (χ0n) is 12.0. The van der Waals surface area contributed by atoms with Crippen molar-refractivity contribution in [3.63, 3.8) is 0 Å². The Morgan fingerprint density at radius 2 is 1.90 bits per heavy atom. The van der Waals surface area contributed by atoms with Crippen molar-refractivity contribution in [2.75, 3.05) is 23.8 Å². The zero-order chi connectivity index (χ0) is 15.2. The molecule has 0 radical (unpaired) electrons. The second-order valence-electron chi connectivity index (χ2n) is 4.64. The fourth-order valence-electron chi connectivity index (χ4n) is 1.76. The fourth-order valence-corrected chi connectivity index (χ4v) is 2.18. The molecule has 2 rings (SSSR count). The van der Waals surface area contributed by atoms with Crippen LogP contribution < -0.4 is 10.2 Å². The number of benzene rings is 1. The molecule has 0 amide bonds. The van der Waals surface area contributed by atoms with Gasteiger partial charge in [-0.3, -0.25) is 0 Å². The topological polar surface area (TPSA) is 53.9 Å². The first-order chi connectivity index (χ1) is 10.1. The van der Waals surface area contributed by atoms with Crippen LogP contribution in [0.5, 0.6) is 0 Å². The quantitative estimate of drug-likeness (QED) is 0.839. The van der Waals surface area contributed by atoms with E-state index in [1.165, 1.54) is 5.56 Å². The number of aromatic nitrogens is 3. The molecule has 0 saturated heterocycles. The molecule has 0 aliphatic rings. The summed E-state index contributed by atoms with van der Waals surface area (Å²) in [6, 6.07) is 8.13. The lowest BCUT2D eigenvalue weighted by Gasteiger charge is -2.17. The smallest absolute Gasteiger partial charge is 0.231 e. The molecule has 0 aliphatic carbocycles. The molecular weight excluding hydrogens is 354 g/mol. The van der Waals surface area contributed by atoms with Crippen LogP contribution in [0.4, 0.5) is 11.9 Å². The van der Waals surface area contributed by atoms with Crippen LogP contribution in [0.15, 0.2) is 28.7 Å². The van der Waals surface area contributed by atoms with Crippen molar-refractivity contribution >= 4 is 39.4 Å². The highest BCUT2D eigenvalue weighted by Gasteiger charge is 2.09. The Morgan fingerprint density at radius 1 is 1.19 bits per heavy atom. The van der Waals surface area contributed by atoms with E-state index in [2.05, 4.69) is 55.3 Å². The summed E-state index contributed by atoms with van der Waals surface area (Å²) in [4.78, 5) is 14.6. The summed E-state index contributed by atoms with van der Waals surface area (Å²) >= 11 is 9.39. The summed E-state index contributed by atoms with van der Waals surface area (Å²) in [6.45, 7) is 3.58. The molecule has 1 heterocycles. The van der Waals surface area contributed by atoms with E-state index in [-0.39, 0.29) is 5.28 Å². The predicted molar refractivity (Wildman–Crippen MR) is 89.9 cm³/mol. The van der Waals surface area contributed by atoms with Crippen molar-refractivity contribution in [1.29, 1.82) is 0 Å². The minimum Gasteiger partial charge on any atom is -0.354 e. The van der Waals surface area contributed by atoms with Gasteiger partial charge in [-0.1, -0.05) is 35.0 Å². The normalized spacial score (nSPS) is 10.5. The minimum atomic E-state index is 0.196. The van der Waals surface area contributed by atoms with Crippen LogP contribution in [0, 0.1) is 0 Å². The Kier molecular flexibility index (Phi) is 5.76. The van der Waals surface area contributed by atoms with Gasteiger partial charge in [-0.2, -0.15) is 15.0 Å². The van der Waals surface area contributed by atoms with Gasteiger partial charge in [0.25, 0.3) is 0 Å². The summed E-state index contributed by atoms with van der Waals surface area (Å²) in [6.07, 6.45) is 0.993. The zero-order valence-corrected chi connectivity index (χ0v) is 14.3. The molecule has 112 valence electrons. The molecule has 2 aromatic rings. The summed E-state index contributed by atoms with van der Waals surface area (Å²) in [5, 5.41) is 3.32. The molecule has 0 unspecified atom stereocenters. The molecule has 0 spiro atoms. The molecular formula is C14H17BrClN5. The van der Waals surface area contributed by atoms with Crippen molar-refractivity contribution in [2.45, 2.75) is 19.9 Å². The monoisotopic (exact) mass is 369 g/mol. The number of anilines is 2. The lowest BCUT2D eigenvalue weighted by Crippen LogP contribution is -2.20. The van der Waals surface area contributed by atoms with Crippen molar-refractivity contribution in [3.05, 3.63) is 39.6 Å². The Labute approximate surface area is 137 Å². The first-order valence-electron chi connectivity index (χ1n) is 6.69. The molecule has 1 aromatic carbocycles. The molecule has 0 atom stereocenters. The number of nitrogens with zero attached hydrogens (tertiary/aromatic N) is 4. The second-order valence-corrected chi connectivity index (χ2v) is 5.89. The minimum absolute atomic E-state index is 0.196. The van der Waals surface area contributed by atoms with Crippen molar-refractivity contribution in [2.24, 2.45) is 0 Å². The van der Waals surface area contributed by atoms with E-state index in [0.29, 0.717) is 18.4 Å². The van der Waals surface area contributed by atoms with Crippen LogP contribution in [0.1, 0.15) is 18.9 Å². The molecule has 0 fully saturated rings. The van der Waals surface area contributed by atoms with Crippen LogP contribution in [0.2, 0.25) is 5.28 Å². The van der Waals surface area contributed by atoms with Crippen LogP contribution in [0.3, 0.4) is 0 Å². The van der Waals surface area contributed by atoms with Crippen LogP contribution in [-0.4, -0.2) is 28.5 Å². The molecule has 1 N–H and O–H groups in total. The number of halogens is 2. The lowest BCUT2D eigenvalue weighted by molar-refractivity contribution is 0.847. The maximum atomic E-state index is 5.96. The van der Waals surface area contributed by atoms with E-state index in [4.69, 9.17) is 11.6 Å². The molecule has 0 aliphatic heterocycles. The largest absolute Gasteiger partial charge is 0.354 e. The van der Waals surface area contributed by atoms with Crippen LogP contribution >= 0.6 is 27.5 Å². The third-order valence-electron chi connectivity index (χ3n) is 2.80. The van der Waals surface area contributed by atoms with E-state index in [0.717, 1.165) is 17.4 Å². The number of hydrogen-bond donors (Lipinski definition) is 1. The van der Waals surface area contributed by atoms with Crippen LogP contribution in [0.25, 0.3) is 0 Å². The Bertz CT molecular complexity index is 590. The third kappa shape index (κ3) is 4.82. The van der Waals surface area contributed by atoms with Gasteiger partial charge < -0.3 is 10.2 Å². The van der Waals surface area contributed by atoms with Gasteiger partial charge in [0.05, 0.1) is 0 Å². The van der Waals surface area contributed by atoms with E-state index in [9.17, 15) is 0 Å². The standard InChI is InChI=1S/C14H17BrClN5/c1-3-8-17-13-18-12(16)19-14(20-13)21(2)9-10-4-6-11(15)7-5-10/h4-7H,3,8-9H2,1-2H3,(H,17,18,19,20). The van der Waals surface area contributed by atoms with E-state index < -0.39 is 0 Å². The van der Waals surface area contributed by atoms with Gasteiger partial charge in [0.15, 0.2) is 0 Å². The van der Waals surface area contributed by atoms with Gasteiger partial charge in [0.1, 0.15) is 0 Å². The average Bonchev–Trinajstić information content (AvgIpc) is 2.47. The predicted octanol–water partition coefficient (Wildman–Crippen LogP) is 3.75. The number of rotatable bonds is 6. The highest BCUT2D eigenvalue weighted by atomic mass is 79.9. The van der Waals surface area contributed by atoms with Gasteiger partial charge in [0, 0.05) is 24.6 Å². The molecule has 5 nitrogen and oxygen atoms in total. The first-order valence-corrected chi connectivity index (χ1v) is 7.86.